The monoisotopic (exact) mass is 492 g/mol. The molecule has 1 aromatic heterocycles. The molecule has 3 aliphatic rings. The third kappa shape index (κ3) is 3.78. The van der Waals surface area contributed by atoms with Crippen molar-refractivity contribution in [3.63, 3.8) is 0 Å². The summed E-state index contributed by atoms with van der Waals surface area (Å²) in [5, 5.41) is 2.86. The number of benzene rings is 2. The Hall–Kier alpha value is -2.29. The van der Waals surface area contributed by atoms with Crippen LogP contribution in [0.3, 0.4) is 0 Å². The highest BCUT2D eigenvalue weighted by Gasteiger charge is 2.42. The number of fused-ring (bicyclic) bond motifs is 2. The van der Waals surface area contributed by atoms with Gasteiger partial charge >= 0.3 is 0 Å². The van der Waals surface area contributed by atoms with Crippen LogP contribution in [-0.2, 0) is 4.79 Å². The SMILES string of the molecule is Cc1nc2ccc(N=C3SC(=C4Sc5ccccc5N4C)C(=O)N3C3CCCCC3)cc2s1. The molecule has 0 radical (unpaired) electrons. The Bertz CT molecular complexity index is 1320. The number of aryl methyl sites for hydroxylation is 1. The van der Waals surface area contributed by atoms with Gasteiger partial charge in [-0.1, -0.05) is 43.2 Å². The van der Waals surface area contributed by atoms with Gasteiger partial charge < -0.3 is 4.90 Å². The summed E-state index contributed by atoms with van der Waals surface area (Å²) >= 11 is 4.89. The standard InChI is InChI=1S/C25H24N4OS3/c1-15-26-18-13-12-16(14-21(18)31-15)27-25-29(17-8-4-3-5-9-17)23(30)22(33-25)24-28(2)19-10-6-7-11-20(19)32-24/h6-7,10-14,17H,3-5,8-9H2,1-2H3. The van der Waals surface area contributed by atoms with Crippen LogP contribution in [0.15, 0.2) is 62.3 Å². The number of amidine groups is 1. The van der Waals surface area contributed by atoms with Gasteiger partial charge in [0, 0.05) is 18.0 Å². The number of thioether (sulfide) groups is 2. The van der Waals surface area contributed by atoms with Crippen molar-refractivity contribution in [2.75, 3.05) is 11.9 Å². The summed E-state index contributed by atoms with van der Waals surface area (Å²) in [5.74, 6) is 0.0996. The Balaban J connectivity index is 1.42. The van der Waals surface area contributed by atoms with E-state index in [1.165, 1.54) is 35.9 Å². The molecule has 6 rings (SSSR count). The van der Waals surface area contributed by atoms with E-state index in [2.05, 4.69) is 41.2 Å². The summed E-state index contributed by atoms with van der Waals surface area (Å²) in [6.07, 6.45) is 5.69. The molecule has 1 saturated carbocycles. The average Bonchev–Trinajstić information content (AvgIpc) is 3.46. The van der Waals surface area contributed by atoms with Gasteiger partial charge in [0.2, 0.25) is 0 Å². The molecular weight excluding hydrogens is 469 g/mol. The lowest BCUT2D eigenvalue weighted by Gasteiger charge is -2.30. The van der Waals surface area contributed by atoms with Gasteiger partial charge in [0.05, 0.1) is 31.6 Å². The molecule has 1 saturated heterocycles. The van der Waals surface area contributed by atoms with E-state index >= 15 is 0 Å². The first-order chi connectivity index (χ1) is 16.1. The van der Waals surface area contributed by atoms with Crippen LogP contribution >= 0.6 is 34.9 Å². The molecule has 8 heteroatoms. The number of aromatic nitrogens is 1. The number of anilines is 1. The number of amides is 1. The molecule has 168 valence electrons. The smallest absolute Gasteiger partial charge is 0.269 e. The van der Waals surface area contributed by atoms with Crippen molar-refractivity contribution in [1.82, 2.24) is 9.88 Å². The second-order valence-corrected chi connectivity index (χ2v) is 11.9. The number of para-hydroxylation sites is 1. The van der Waals surface area contributed by atoms with Crippen LogP contribution in [-0.4, -0.2) is 34.0 Å². The molecule has 3 heterocycles. The molecule has 0 spiro atoms. The molecule has 0 atom stereocenters. The van der Waals surface area contributed by atoms with Gasteiger partial charge in [0.1, 0.15) is 4.91 Å². The summed E-state index contributed by atoms with van der Waals surface area (Å²) in [6, 6.07) is 14.7. The third-order valence-corrected chi connectivity index (χ3v) is 9.73. The van der Waals surface area contributed by atoms with Crippen molar-refractivity contribution >= 4 is 67.5 Å². The topological polar surface area (TPSA) is 48.8 Å². The van der Waals surface area contributed by atoms with Crippen molar-refractivity contribution in [1.29, 1.82) is 0 Å². The zero-order valence-electron chi connectivity index (χ0n) is 18.6. The van der Waals surface area contributed by atoms with E-state index in [9.17, 15) is 4.79 Å². The maximum absolute atomic E-state index is 13.8. The first kappa shape index (κ1) is 21.3. The van der Waals surface area contributed by atoms with Crippen LogP contribution in [0.25, 0.3) is 10.2 Å². The highest BCUT2D eigenvalue weighted by molar-refractivity contribution is 8.19. The fourth-order valence-corrected chi connectivity index (χ4v) is 8.03. The molecule has 0 N–H and O–H groups in total. The second kappa shape index (κ2) is 8.49. The molecule has 1 aliphatic carbocycles. The van der Waals surface area contributed by atoms with Crippen molar-refractivity contribution < 1.29 is 4.79 Å². The molecule has 33 heavy (non-hydrogen) atoms. The summed E-state index contributed by atoms with van der Waals surface area (Å²) in [4.78, 5) is 29.5. The van der Waals surface area contributed by atoms with Gasteiger partial charge in [-0.15, -0.1) is 11.3 Å². The van der Waals surface area contributed by atoms with Crippen molar-refractivity contribution in [3.8, 4) is 0 Å². The summed E-state index contributed by atoms with van der Waals surface area (Å²) in [6.45, 7) is 2.03. The summed E-state index contributed by atoms with van der Waals surface area (Å²) in [5.41, 5.74) is 3.04. The van der Waals surface area contributed by atoms with Crippen LogP contribution < -0.4 is 4.90 Å². The Morgan fingerprint density at radius 3 is 2.70 bits per heavy atom. The van der Waals surface area contributed by atoms with E-state index in [0.29, 0.717) is 0 Å². The van der Waals surface area contributed by atoms with Gasteiger partial charge in [-0.05, 0) is 61.9 Å². The fourth-order valence-electron chi connectivity index (χ4n) is 4.76. The quantitative estimate of drug-likeness (QED) is 0.364. The average molecular weight is 493 g/mol. The number of hydrogen-bond donors (Lipinski definition) is 0. The predicted molar refractivity (Wildman–Crippen MR) is 140 cm³/mol. The normalized spacial score (nSPS) is 22.7. The first-order valence-corrected chi connectivity index (χ1v) is 13.8. The molecule has 2 aliphatic heterocycles. The molecule has 2 fully saturated rings. The molecule has 0 unspecified atom stereocenters. The summed E-state index contributed by atoms with van der Waals surface area (Å²) < 4.78 is 1.13. The fraction of sp³-hybridized carbons (Fsp3) is 0.320. The molecule has 1 amide bonds. The van der Waals surface area contributed by atoms with Gasteiger partial charge in [-0.3, -0.25) is 9.69 Å². The second-order valence-electron chi connectivity index (χ2n) is 8.61. The number of thiazole rings is 1. The molecule has 3 aromatic rings. The Morgan fingerprint density at radius 2 is 1.88 bits per heavy atom. The van der Waals surface area contributed by atoms with Crippen LogP contribution in [0.2, 0.25) is 0 Å². The number of carbonyl (C=O) groups is 1. The molecule has 5 nitrogen and oxygen atoms in total. The number of rotatable bonds is 2. The lowest BCUT2D eigenvalue weighted by molar-refractivity contribution is -0.124. The zero-order valence-corrected chi connectivity index (χ0v) is 21.0. The number of hydrogen-bond acceptors (Lipinski definition) is 7. The van der Waals surface area contributed by atoms with Crippen molar-refractivity contribution in [2.45, 2.75) is 50.0 Å². The maximum Gasteiger partial charge on any atom is 0.269 e. The molecule has 0 bridgehead atoms. The number of aliphatic imine (C=N–C) groups is 1. The highest BCUT2D eigenvalue weighted by atomic mass is 32.2. The van der Waals surface area contributed by atoms with Crippen LogP contribution in [0.1, 0.15) is 37.1 Å². The molecule has 2 aromatic carbocycles. The van der Waals surface area contributed by atoms with Gasteiger partial charge in [0.25, 0.3) is 5.91 Å². The predicted octanol–water partition coefficient (Wildman–Crippen LogP) is 6.91. The molecular formula is C25H24N4OS3. The van der Waals surface area contributed by atoms with Crippen molar-refractivity contribution in [3.05, 3.63) is 57.4 Å². The minimum absolute atomic E-state index is 0.0996. The first-order valence-electron chi connectivity index (χ1n) is 11.3. The van der Waals surface area contributed by atoms with E-state index in [4.69, 9.17) is 4.99 Å². The van der Waals surface area contributed by atoms with Crippen LogP contribution in [0.5, 0.6) is 0 Å². The van der Waals surface area contributed by atoms with E-state index in [0.717, 1.165) is 54.5 Å². The minimum Gasteiger partial charge on any atom is -0.337 e. The maximum atomic E-state index is 13.8. The van der Waals surface area contributed by atoms with Crippen LogP contribution in [0.4, 0.5) is 11.4 Å². The van der Waals surface area contributed by atoms with Gasteiger partial charge in [0.15, 0.2) is 5.17 Å². The third-order valence-electron chi connectivity index (χ3n) is 6.39. The minimum atomic E-state index is 0.0996. The van der Waals surface area contributed by atoms with E-state index in [-0.39, 0.29) is 11.9 Å². The Morgan fingerprint density at radius 1 is 1.06 bits per heavy atom. The van der Waals surface area contributed by atoms with E-state index < -0.39 is 0 Å². The Kier molecular flexibility index (Phi) is 5.47. The van der Waals surface area contributed by atoms with Gasteiger partial charge in [-0.2, -0.15) is 0 Å². The Labute approximate surface area is 206 Å². The van der Waals surface area contributed by atoms with E-state index in [1.807, 2.05) is 30.0 Å². The lowest BCUT2D eigenvalue weighted by atomic mass is 9.94. The zero-order chi connectivity index (χ0) is 22.5. The van der Waals surface area contributed by atoms with Crippen LogP contribution in [0, 0.1) is 6.92 Å². The summed E-state index contributed by atoms with van der Waals surface area (Å²) in [7, 11) is 2.05. The highest BCUT2D eigenvalue weighted by Crippen LogP contribution is 2.50. The van der Waals surface area contributed by atoms with Crippen molar-refractivity contribution in [2.24, 2.45) is 4.99 Å². The lowest BCUT2D eigenvalue weighted by Crippen LogP contribution is -2.40. The number of nitrogens with zero attached hydrogens (tertiary/aromatic N) is 4. The largest absolute Gasteiger partial charge is 0.337 e. The van der Waals surface area contributed by atoms with E-state index in [1.54, 1.807) is 23.1 Å². The number of carbonyl (C=O) groups excluding carboxylic acids is 1. The van der Waals surface area contributed by atoms with Gasteiger partial charge in [-0.25, -0.2) is 9.98 Å².